The van der Waals surface area contributed by atoms with Crippen molar-refractivity contribution >= 4 is 101 Å². The van der Waals surface area contributed by atoms with E-state index in [0.29, 0.717) is 17.2 Å². The number of hydrogen-bond donors (Lipinski definition) is 2. The predicted molar refractivity (Wildman–Crippen MR) is 302 cm³/mol. The molecule has 0 aliphatic rings. The van der Waals surface area contributed by atoms with Crippen molar-refractivity contribution < 1.29 is 18.9 Å². The topological polar surface area (TPSA) is 102 Å². The highest BCUT2D eigenvalue weighted by atomic mass is 127. The van der Waals surface area contributed by atoms with Crippen LogP contribution in [0.15, 0.2) is 251 Å². The van der Waals surface area contributed by atoms with Crippen molar-refractivity contribution in [3.63, 3.8) is 0 Å². The quantitative estimate of drug-likeness (QED) is 0.127. The molecular formula is C62H42BIN4O4. The summed E-state index contributed by atoms with van der Waals surface area (Å²) in [5.74, 6) is 1.33. The van der Waals surface area contributed by atoms with Crippen molar-refractivity contribution in [2.75, 3.05) is 0 Å². The maximum absolute atomic E-state index is 9.24. The van der Waals surface area contributed by atoms with Gasteiger partial charge in [-0.3, -0.25) is 0 Å². The first-order chi connectivity index (χ1) is 35.4. The third kappa shape index (κ3) is 8.62. The Balaban J connectivity index is 0.000000120. The average molecular weight is 1040 g/mol. The van der Waals surface area contributed by atoms with Crippen molar-refractivity contribution in [3.05, 3.63) is 246 Å². The number of aromatic nitrogens is 4. The van der Waals surface area contributed by atoms with Crippen LogP contribution in [0.1, 0.15) is 0 Å². The van der Waals surface area contributed by atoms with Gasteiger partial charge in [-0.05, 0) is 148 Å². The predicted octanol–water partition coefficient (Wildman–Crippen LogP) is 14.8. The van der Waals surface area contributed by atoms with E-state index in [1.807, 2.05) is 109 Å². The Kier molecular flexibility index (Phi) is 12.0. The van der Waals surface area contributed by atoms with Crippen molar-refractivity contribution in [3.8, 4) is 45.4 Å². The molecule has 14 aromatic rings. The van der Waals surface area contributed by atoms with Crippen molar-refractivity contribution in [2.45, 2.75) is 0 Å². The van der Waals surface area contributed by atoms with E-state index in [0.717, 1.165) is 61.3 Å². The first-order valence-electron chi connectivity index (χ1n) is 23.5. The van der Waals surface area contributed by atoms with E-state index in [1.165, 1.54) is 41.7 Å². The van der Waals surface area contributed by atoms with Gasteiger partial charge >= 0.3 is 7.12 Å². The van der Waals surface area contributed by atoms with Gasteiger partial charge in [0.15, 0.2) is 11.2 Å². The Bertz CT molecular complexity index is 4020. The second-order valence-electron chi connectivity index (χ2n) is 17.3. The Morgan fingerprint density at radius 1 is 0.347 bits per heavy atom. The molecule has 0 unspecified atom stereocenters. The van der Waals surface area contributed by atoms with E-state index >= 15 is 0 Å². The summed E-state index contributed by atoms with van der Waals surface area (Å²) >= 11 is 2.28. The van der Waals surface area contributed by atoms with Crippen LogP contribution in [0.2, 0.25) is 0 Å². The Morgan fingerprint density at radius 3 is 1.06 bits per heavy atom. The van der Waals surface area contributed by atoms with E-state index in [4.69, 9.17) is 8.83 Å². The van der Waals surface area contributed by atoms with Gasteiger partial charge in [0.05, 0.1) is 22.1 Å². The van der Waals surface area contributed by atoms with E-state index in [1.54, 1.807) is 12.1 Å². The molecule has 8 nitrogen and oxygen atoms in total. The molecule has 0 fully saturated rings. The Labute approximate surface area is 428 Å². The standard InChI is InChI=1S/C31H20N2O.C18H14BNO2.C13H8INO/c1-4-10-28-25(7-1)26-8-2-5-11-29(26)33(28)24-19-17-22(18-20-24)21-13-15-23(16-14-21)31-32-27-9-3-6-12-30(27)34-31;21-19(22)13-9-11-14(12-10-13)20-17-7-3-1-5-15(17)16-6-2-4-8-18(16)20;14-10-7-5-9(6-8-10)13-15-11-3-1-2-4-12(11)16-13/h1-20H;1-12,21-22H;1-8H. The molecule has 0 bridgehead atoms. The SMILES string of the molecule is Ic1ccc(-c2nc3ccccc3o2)cc1.OB(O)c1ccc(-n2c3ccccc3c3ccccc32)cc1.c1ccc2oc(-c3ccc(-c4ccc(-n5c6ccccc6c6ccccc65)cc4)cc3)nc2c1. The summed E-state index contributed by atoms with van der Waals surface area (Å²) in [6, 6.07) is 82.0. The lowest BCUT2D eigenvalue weighted by Crippen LogP contribution is -2.29. The molecule has 0 saturated heterocycles. The van der Waals surface area contributed by atoms with Crippen LogP contribution in [0.3, 0.4) is 0 Å². The largest absolute Gasteiger partial charge is 0.488 e. The molecule has 0 aliphatic carbocycles. The zero-order valence-electron chi connectivity index (χ0n) is 38.5. The lowest BCUT2D eigenvalue weighted by molar-refractivity contribution is 0.426. The van der Waals surface area contributed by atoms with Crippen LogP contribution in [0.25, 0.3) is 111 Å². The van der Waals surface area contributed by atoms with E-state index < -0.39 is 7.12 Å². The minimum Gasteiger partial charge on any atom is -0.436 e. The fraction of sp³-hybridized carbons (Fsp3) is 0. The van der Waals surface area contributed by atoms with Gasteiger partial charge in [-0.1, -0.05) is 133 Å². The molecule has 344 valence electrons. The average Bonchev–Trinajstić information content (AvgIpc) is 4.23. The van der Waals surface area contributed by atoms with Crippen molar-refractivity contribution in [1.29, 1.82) is 0 Å². The number of halogens is 1. The Morgan fingerprint density at radius 2 is 0.667 bits per heavy atom. The summed E-state index contributed by atoms with van der Waals surface area (Å²) in [6.07, 6.45) is 0. The van der Waals surface area contributed by atoms with Crippen molar-refractivity contribution in [2.24, 2.45) is 0 Å². The number of nitrogens with zero attached hydrogens (tertiary/aromatic N) is 4. The zero-order valence-corrected chi connectivity index (χ0v) is 40.7. The molecule has 0 spiro atoms. The van der Waals surface area contributed by atoms with Gasteiger partial charge in [0.1, 0.15) is 11.0 Å². The normalized spacial score (nSPS) is 11.3. The molecule has 2 N–H and O–H groups in total. The summed E-state index contributed by atoms with van der Waals surface area (Å²) in [4.78, 5) is 9.05. The number of rotatable bonds is 6. The molecule has 0 atom stereocenters. The minimum absolute atomic E-state index is 0.490. The smallest absolute Gasteiger partial charge is 0.436 e. The fourth-order valence-corrected chi connectivity index (χ4v) is 9.75. The molecule has 0 saturated carbocycles. The fourth-order valence-electron chi connectivity index (χ4n) is 9.39. The highest BCUT2D eigenvalue weighted by molar-refractivity contribution is 14.1. The molecule has 10 aromatic carbocycles. The lowest BCUT2D eigenvalue weighted by Gasteiger charge is -2.09. The third-order valence-corrected chi connectivity index (χ3v) is 13.6. The van der Waals surface area contributed by atoms with Gasteiger partial charge in [0.2, 0.25) is 11.8 Å². The molecule has 0 amide bonds. The second kappa shape index (κ2) is 19.3. The lowest BCUT2D eigenvalue weighted by atomic mass is 9.80. The van der Waals surface area contributed by atoms with Gasteiger partial charge < -0.3 is 28.0 Å². The minimum atomic E-state index is -1.44. The zero-order chi connectivity index (χ0) is 48.5. The maximum Gasteiger partial charge on any atom is 0.488 e. The van der Waals surface area contributed by atoms with Gasteiger partial charge in [-0.15, -0.1) is 0 Å². The third-order valence-electron chi connectivity index (χ3n) is 12.9. The molecule has 4 aromatic heterocycles. The summed E-state index contributed by atoms with van der Waals surface area (Å²) in [7, 11) is -1.44. The monoisotopic (exact) mass is 1040 g/mol. The molecule has 4 heterocycles. The van der Waals surface area contributed by atoms with E-state index in [2.05, 4.69) is 163 Å². The molecular weight excluding hydrogens is 1000 g/mol. The van der Waals surface area contributed by atoms with Gasteiger partial charge in [0.25, 0.3) is 0 Å². The first kappa shape index (κ1) is 44.6. The summed E-state index contributed by atoms with van der Waals surface area (Å²) in [5, 5.41) is 23.4. The number of oxazole rings is 2. The van der Waals surface area contributed by atoms with E-state index in [9.17, 15) is 10.0 Å². The molecule has 0 radical (unpaired) electrons. The van der Waals surface area contributed by atoms with Crippen LogP contribution < -0.4 is 5.46 Å². The summed E-state index contributed by atoms with van der Waals surface area (Å²) in [5.41, 5.74) is 15.1. The molecule has 10 heteroatoms. The molecule has 14 rings (SSSR count). The maximum atomic E-state index is 9.24. The number of benzene rings is 10. The van der Waals surface area contributed by atoms with Crippen LogP contribution in [0.5, 0.6) is 0 Å². The number of para-hydroxylation sites is 8. The molecule has 72 heavy (non-hydrogen) atoms. The van der Waals surface area contributed by atoms with Crippen LogP contribution in [-0.2, 0) is 0 Å². The summed E-state index contributed by atoms with van der Waals surface area (Å²) in [6.45, 7) is 0. The van der Waals surface area contributed by atoms with Gasteiger partial charge in [-0.2, -0.15) is 0 Å². The highest BCUT2D eigenvalue weighted by Crippen LogP contribution is 2.35. The number of hydrogen-bond acceptors (Lipinski definition) is 6. The second-order valence-corrected chi connectivity index (χ2v) is 18.6. The van der Waals surface area contributed by atoms with E-state index in [-0.39, 0.29) is 0 Å². The van der Waals surface area contributed by atoms with Gasteiger partial charge in [-0.25, -0.2) is 9.97 Å². The molecule has 0 aliphatic heterocycles. The highest BCUT2D eigenvalue weighted by Gasteiger charge is 2.15. The van der Waals surface area contributed by atoms with Gasteiger partial charge in [0, 0.05) is 47.6 Å². The van der Waals surface area contributed by atoms with Crippen LogP contribution in [0.4, 0.5) is 0 Å². The first-order valence-corrected chi connectivity index (χ1v) is 24.6. The summed E-state index contributed by atoms with van der Waals surface area (Å²) < 4.78 is 17.3. The van der Waals surface area contributed by atoms with Crippen LogP contribution in [0, 0.1) is 3.57 Å². The van der Waals surface area contributed by atoms with Crippen LogP contribution in [-0.4, -0.2) is 36.3 Å². The van der Waals surface area contributed by atoms with Crippen LogP contribution >= 0.6 is 22.6 Å². The van der Waals surface area contributed by atoms with Crippen molar-refractivity contribution in [1.82, 2.24) is 19.1 Å². The Hall–Kier alpha value is -8.55. The number of fused-ring (bicyclic) bond motifs is 8.